The fourth-order valence-electron chi connectivity index (χ4n) is 3.36. The minimum atomic E-state index is -0.507. The Bertz CT molecular complexity index is 870. The van der Waals surface area contributed by atoms with Crippen LogP contribution in [0, 0.1) is 6.92 Å². The van der Waals surface area contributed by atoms with Gasteiger partial charge in [0.05, 0.1) is 7.11 Å². The largest absolute Gasteiger partial charge is 0.497 e. The summed E-state index contributed by atoms with van der Waals surface area (Å²) < 4.78 is 5.33. The van der Waals surface area contributed by atoms with Gasteiger partial charge in [0.15, 0.2) is 0 Å². The number of rotatable bonds is 12. The standard InChI is InChI=1S/C26H36N2O3S/c1-6-20(4)27-26(30)24(7-2)28(18-21-9-8-10-22(17-21)31-5)25(29)15-16-32-23-13-11-19(3)12-14-23/h8-14,17,20,24H,6-7,15-16,18H2,1-5H3,(H,27,30)/t20-,24-/m0/s1. The van der Waals surface area contributed by atoms with Crippen LogP contribution in [0.4, 0.5) is 0 Å². The van der Waals surface area contributed by atoms with Gasteiger partial charge < -0.3 is 15.0 Å². The van der Waals surface area contributed by atoms with E-state index in [1.165, 1.54) is 5.56 Å². The van der Waals surface area contributed by atoms with Crippen molar-refractivity contribution in [3.05, 3.63) is 59.7 Å². The molecule has 32 heavy (non-hydrogen) atoms. The summed E-state index contributed by atoms with van der Waals surface area (Å²) in [6, 6.07) is 15.5. The molecule has 0 saturated heterocycles. The predicted molar refractivity (Wildman–Crippen MR) is 132 cm³/mol. The van der Waals surface area contributed by atoms with Crippen LogP contribution < -0.4 is 10.1 Å². The van der Waals surface area contributed by atoms with E-state index in [0.29, 0.717) is 25.1 Å². The highest BCUT2D eigenvalue weighted by Crippen LogP contribution is 2.22. The van der Waals surface area contributed by atoms with E-state index in [1.54, 1.807) is 23.8 Å². The van der Waals surface area contributed by atoms with Gasteiger partial charge in [0, 0.05) is 29.7 Å². The SMILES string of the molecule is CC[C@H](C)NC(=O)[C@H](CC)N(Cc1cccc(OC)c1)C(=O)CCSc1ccc(C)cc1. The van der Waals surface area contributed by atoms with Crippen molar-refractivity contribution < 1.29 is 14.3 Å². The predicted octanol–water partition coefficient (Wildman–Crippen LogP) is 5.21. The number of amides is 2. The summed E-state index contributed by atoms with van der Waals surface area (Å²) in [5.41, 5.74) is 2.16. The van der Waals surface area contributed by atoms with Crippen LogP contribution in [0.5, 0.6) is 5.75 Å². The van der Waals surface area contributed by atoms with E-state index in [0.717, 1.165) is 22.6 Å². The second kappa shape index (κ2) is 13.2. The van der Waals surface area contributed by atoms with Crippen LogP contribution in [0.25, 0.3) is 0 Å². The zero-order chi connectivity index (χ0) is 23.5. The number of thioether (sulfide) groups is 1. The second-order valence-corrected chi connectivity index (χ2v) is 9.19. The van der Waals surface area contributed by atoms with Gasteiger partial charge in [0.2, 0.25) is 11.8 Å². The molecule has 2 rings (SSSR count). The summed E-state index contributed by atoms with van der Waals surface area (Å²) in [7, 11) is 1.62. The molecule has 0 heterocycles. The molecule has 0 aliphatic rings. The van der Waals surface area contributed by atoms with Crippen LogP contribution in [0.1, 0.15) is 51.2 Å². The average molecular weight is 457 g/mol. The Kier molecular flexibility index (Phi) is 10.6. The van der Waals surface area contributed by atoms with E-state index in [9.17, 15) is 9.59 Å². The lowest BCUT2D eigenvalue weighted by Crippen LogP contribution is -2.50. The highest BCUT2D eigenvalue weighted by molar-refractivity contribution is 7.99. The first-order valence-electron chi connectivity index (χ1n) is 11.3. The number of nitrogens with one attached hydrogen (secondary N) is 1. The van der Waals surface area contributed by atoms with Crippen LogP contribution in [0.3, 0.4) is 0 Å². The number of carbonyl (C=O) groups is 2. The molecule has 2 amide bonds. The maximum absolute atomic E-state index is 13.3. The lowest BCUT2D eigenvalue weighted by molar-refractivity contribution is -0.141. The number of benzene rings is 2. The van der Waals surface area contributed by atoms with Gasteiger partial charge in [-0.05, 0) is 56.5 Å². The average Bonchev–Trinajstić information content (AvgIpc) is 2.80. The van der Waals surface area contributed by atoms with Gasteiger partial charge in [0.1, 0.15) is 11.8 Å². The molecule has 0 aromatic heterocycles. The molecule has 0 radical (unpaired) electrons. The fourth-order valence-corrected chi connectivity index (χ4v) is 4.20. The van der Waals surface area contributed by atoms with E-state index in [1.807, 2.05) is 45.0 Å². The molecule has 174 valence electrons. The summed E-state index contributed by atoms with van der Waals surface area (Å²) >= 11 is 1.66. The molecule has 5 nitrogen and oxygen atoms in total. The molecule has 0 aliphatic carbocycles. The van der Waals surface area contributed by atoms with E-state index in [2.05, 4.69) is 36.5 Å². The first kappa shape index (κ1) is 25.8. The summed E-state index contributed by atoms with van der Waals surface area (Å²) in [5.74, 6) is 1.30. The number of carbonyl (C=O) groups excluding carboxylic acids is 2. The van der Waals surface area contributed by atoms with E-state index in [4.69, 9.17) is 4.74 Å². The van der Waals surface area contributed by atoms with E-state index < -0.39 is 6.04 Å². The van der Waals surface area contributed by atoms with Gasteiger partial charge in [-0.1, -0.05) is 43.7 Å². The van der Waals surface area contributed by atoms with Gasteiger partial charge >= 0.3 is 0 Å². The molecule has 6 heteroatoms. The summed E-state index contributed by atoms with van der Waals surface area (Å²) in [4.78, 5) is 29.2. The molecular formula is C26H36N2O3S. The number of hydrogen-bond donors (Lipinski definition) is 1. The van der Waals surface area contributed by atoms with Crippen molar-refractivity contribution in [3.63, 3.8) is 0 Å². The van der Waals surface area contributed by atoms with Crippen LogP contribution in [0.15, 0.2) is 53.4 Å². The molecular weight excluding hydrogens is 420 g/mol. The van der Waals surface area contributed by atoms with Crippen molar-refractivity contribution in [2.45, 2.75) is 70.5 Å². The molecule has 0 bridgehead atoms. The van der Waals surface area contributed by atoms with Gasteiger partial charge in [-0.2, -0.15) is 0 Å². The fraction of sp³-hybridized carbons (Fsp3) is 0.462. The zero-order valence-electron chi connectivity index (χ0n) is 19.9. The Balaban J connectivity index is 2.15. The summed E-state index contributed by atoms with van der Waals surface area (Å²) in [6.45, 7) is 8.40. The van der Waals surface area contributed by atoms with Crippen molar-refractivity contribution in [1.82, 2.24) is 10.2 Å². The molecule has 1 N–H and O–H groups in total. The number of hydrogen-bond acceptors (Lipinski definition) is 4. The number of nitrogens with zero attached hydrogens (tertiary/aromatic N) is 1. The highest BCUT2D eigenvalue weighted by Gasteiger charge is 2.29. The summed E-state index contributed by atoms with van der Waals surface area (Å²) in [6.07, 6.45) is 1.78. The minimum absolute atomic E-state index is 0.0152. The molecule has 0 aliphatic heterocycles. The first-order valence-corrected chi connectivity index (χ1v) is 12.3. The van der Waals surface area contributed by atoms with Crippen molar-refractivity contribution in [2.75, 3.05) is 12.9 Å². The Morgan fingerprint density at radius 3 is 2.44 bits per heavy atom. The minimum Gasteiger partial charge on any atom is -0.497 e. The Hall–Kier alpha value is -2.47. The maximum Gasteiger partial charge on any atom is 0.243 e. The van der Waals surface area contributed by atoms with E-state index >= 15 is 0 Å². The lowest BCUT2D eigenvalue weighted by Gasteiger charge is -2.31. The topological polar surface area (TPSA) is 58.6 Å². The molecule has 2 aromatic carbocycles. The monoisotopic (exact) mass is 456 g/mol. The van der Waals surface area contributed by atoms with Crippen molar-refractivity contribution >= 4 is 23.6 Å². The number of aryl methyl sites for hydroxylation is 1. The normalized spacial score (nSPS) is 12.7. The van der Waals surface area contributed by atoms with Gasteiger partial charge in [-0.3, -0.25) is 9.59 Å². The van der Waals surface area contributed by atoms with Crippen molar-refractivity contribution in [1.29, 1.82) is 0 Å². The van der Waals surface area contributed by atoms with Crippen LogP contribution >= 0.6 is 11.8 Å². The Morgan fingerprint density at radius 2 is 1.81 bits per heavy atom. The summed E-state index contributed by atoms with van der Waals surface area (Å²) in [5, 5.41) is 3.05. The second-order valence-electron chi connectivity index (χ2n) is 8.03. The van der Waals surface area contributed by atoms with E-state index in [-0.39, 0.29) is 17.9 Å². The third kappa shape index (κ3) is 7.90. The Labute approximate surface area is 196 Å². The van der Waals surface area contributed by atoms with Crippen LogP contribution in [0.2, 0.25) is 0 Å². The Morgan fingerprint density at radius 1 is 1.09 bits per heavy atom. The van der Waals surface area contributed by atoms with Crippen LogP contribution in [-0.4, -0.2) is 41.7 Å². The van der Waals surface area contributed by atoms with Crippen molar-refractivity contribution in [3.8, 4) is 5.75 Å². The third-order valence-electron chi connectivity index (χ3n) is 5.48. The van der Waals surface area contributed by atoms with Gasteiger partial charge in [0.25, 0.3) is 0 Å². The van der Waals surface area contributed by atoms with Gasteiger partial charge in [-0.15, -0.1) is 11.8 Å². The molecule has 0 saturated carbocycles. The quantitative estimate of drug-likeness (QED) is 0.446. The first-order chi connectivity index (χ1) is 15.4. The highest BCUT2D eigenvalue weighted by atomic mass is 32.2. The lowest BCUT2D eigenvalue weighted by atomic mass is 10.1. The molecule has 0 unspecified atom stereocenters. The smallest absolute Gasteiger partial charge is 0.243 e. The number of methoxy groups -OCH3 is 1. The maximum atomic E-state index is 13.3. The molecule has 0 fully saturated rings. The van der Waals surface area contributed by atoms with Gasteiger partial charge in [-0.25, -0.2) is 0 Å². The molecule has 2 aromatic rings. The third-order valence-corrected chi connectivity index (χ3v) is 6.49. The van der Waals surface area contributed by atoms with Crippen molar-refractivity contribution in [2.24, 2.45) is 0 Å². The molecule has 2 atom stereocenters. The van der Waals surface area contributed by atoms with Crippen LogP contribution in [-0.2, 0) is 16.1 Å². The number of ether oxygens (including phenoxy) is 1. The molecule has 0 spiro atoms. The zero-order valence-corrected chi connectivity index (χ0v) is 20.7.